The molecule has 6 heteroatoms. The Morgan fingerprint density at radius 1 is 1.20 bits per heavy atom. The molecule has 0 aliphatic carbocycles. The molecule has 2 amide bonds. The Labute approximate surface area is 147 Å². The van der Waals surface area contributed by atoms with Gasteiger partial charge in [-0.1, -0.05) is 18.2 Å². The van der Waals surface area contributed by atoms with Crippen LogP contribution in [0, 0.1) is 6.92 Å². The Morgan fingerprint density at radius 3 is 2.60 bits per heavy atom. The summed E-state index contributed by atoms with van der Waals surface area (Å²) in [5.41, 5.74) is 1.06. The quantitative estimate of drug-likeness (QED) is 0.932. The van der Waals surface area contributed by atoms with Crippen molar-refractivity contribution in [2.75, 3.05) is 13.6 Å². The maximum Gasteiger partial charge on any atom is 0.269 e. The van der Waals surface area contributed by atoms with Crippen LogP contribution in [0.5, 0.6) is 0 Å². The summed E-state index contributed by atoms with van der Waals surface area (Å²) in [5, 5.41) is 2.59. The molecule has 1 saturated heterocycles. The second kappa shape index (κ2) is 6.63. The lowest BCUT2D eigenvalue weighted by Gasteiger charge is -2.34. The normalized spacial score (nSPS) is 19.7. The molecule has 130 valence electrons. The first-order chi connectivity index (χ1) is 12.0. The van der Waals surface area contributed by atoms with E-state index in [1.165, 1.54) is 0 Å². The number of carbonyl (C=O) groups excluding carboxylic acids is 2. The maximum atomic E-state index is 13.0. The van der Waals surface area contributed by atoms with Gasteiger partial charge < -0.3 is 10.2 Å². The molecule has 0 spiro atoms. The third-order valence-corrected chi connectivity index (χ3v) is 4.70. The molecule has 1 aromatic heterocycles. The average molecular weight is 338 g/mol. The monoisotopic (exact) mass is 338 g/mol. The van der Waals surface area contributed by atoms with E-state index < -0.39 is 5.54 Å². The Balaban J connectivity index is 2.01. The summed E-state index contributed by atoms with van der Waals surface area (Å²) in [5.74, 6) is 0.231. The van der Waals surface area contributed by atoms with E-state index in [0.717, 1.165) is 12.8 Å². The summed E-state index contributed by atoms with van der Waals surface area (Å²) in [6.07, 6.45) is 1.64. The molecule has 3 rings (SSSR count). The number of hydrogen-bond donors (Lipinski definition) is 1. The summed E-state index contributed by atoms with van der Waals surface area (Å²) in [4.78, 5) is 35.8. The van der Waals surface area contributed by atoms with E-state index in [4.69, 9.17) is 0 Å². The summed E-state index contributed by atoms with van der Waals surface area (Å²) in [6.45, 7) is 4.46. The van der Waals surface area contributed by atoms with E-state index >= 15 is 0 Å². The first-order valence-electron chi connectivity index (χ1n) is 8.41. The molecule has 0 saturated carbocycles. The van der Waals surface area contributed by atoms with E-state index in [-0.39, 0.29) is 11.8 Å². The van der Waals surface area contributed by atoms with E-state index in [9.17, 15) is 9.59 Å². The van der Waals surface area contributed by atoms with Gasteiger partial charge in [-0.2, -0.15) is 0 Å². The topological polar surface area (TPSA) is 75.2 Å². The minimum absolute atomic E-state index is 0.0350. The zero-order valence-electron chi connectivity index (χ0n) is 14.7. The fraction of sp³-hybridized carbons (Fsp3) is 0.368. The van der Waals surface area contributed by atoms with E-state index in [1.54, 1.807) is 13.1 Å². The number of nitrogens with one attached hydrogen (secondary N) is 1. The Kier molecular flexibility index (Phi) is 4.53. The van der Waals surface area contributed by atoms with Crippen LogP contribution >= 0.6 is 0 Å². The molecule has 1 atom stereocenters. The van der Waals surface area contributed by atoms with Crippen molar-refractivity contribution >= 4 is 11.8 Å². The lowest BCUT2D eigenvalue weighted by molar-refractivity contribution is 0.0603. The number of carbonyl (C=O) groups is 2. The molecule has 2 aromatic rings. The summed E-state index contributed by atoms with van der Waals surface area (Å²) in [7, 11) is 1.57. The minimum Gasteiger partial charge on any atom is -0.354 e. The van der Waals surface area contributed by atoms with Gasteiger partial charge in [-0.3, -0.25) is 9.59 Å². The lowest BCUT2D eigenvalue weighted by Crippen LogP contribution is -2.44. The molecular weight excluding hydrogens is 316 g/mol. The van der Waals surface area contributed by atoms with E-state index in [0.29, 0.717) is 29.3 Å². The molecule has 1 fully saturated rings. The SMILES string of the molecule is CNC(=O)c1cc(C)nc([C@]2(C)CCCN2C(=O)c2ccccc2)n1. The molecule has 1 aliphatic heterocycles. The predicted octanol–water partition coefficient (Wildman–Crippen LogP) is 2.30. The van der Waals surface area contributed by atoms with Crippen molar-refractivity contribution in [1.29, 1.82) is 0 Å². The van der Waals surface area contributed by atoms with Gasteiger partial charge in [0.1, 0.15) is 11.2 Å². The predicted molar refractivity (Wildman–Crippen MR) is 94.2 cm³/mol. The highest BCUT2D eigenvalue weighted by atomic mass is 16.2. The highest BCUT2D eigenvalue weighted by molar-refractivity contribution is 5.95. The zero-order valence-corrected chi connectivity index (χ0v) is 14.7. The first kappa shape index (κ1) is 17.1. The second-order valence-corrected chi connectivity index (χ2v) is 6.50. The van der Waals surface area contributed by atoms with Crippen LogP contribution in [0.15, 0.2) is 36.4 Å². The Morgan fingerprint density at radius 2 is 1.92 bits per heavy atom. The Bertz CT molecular complexity index is 806. The summed E-state index contributed by atoms with van der Waals surface area (Å²) >= 11 is 0. The molecular formula is C19H22N4O2. The van der Waals surface area contributed by atoms with Crippen LogP contribution in [0.4, 0.5) is 0 Å². The number of rotatable bonds is 3. The van der Waals surface area contributed by atoms with Crippen molar-refractivity contribution in [2.24, 2.45) is 0 Å². The number of amides is 2. The van der Waals surface area contributed by atoms with Crippen molar-refractivity contribution in [2.45, 2.75) is 32.2 Å². The van der Waals surface area contributed by atoms with Crippen LogP contribution in [0.3, 0.4) is 0 Å². The zero-order chi connectivity index (χ0) is 18.0. The molecule has 6 nitrogen and oxygen atoms in total. The smallest absolute Gasteiger partial charge is 0.269 e. The van der Waals surface area contributed by atoms with Crippen molar-refractivity contribution in [3.05, 3.63) is 59.2 Å². The molecule has 0 unspecified atom stereocenters. The van der Waals surface area contributed by atoms with Gasteiger partial charge in [-0.25, -0.2) is 9.97 Å². The number of aryl methyl sites for hydroxylation is 1. The van der Waals surface area contributed by atoms with Crippen LogP contribution in [-0.4, -0.2) is 40.3 Å². The van der Waals surface area contributed by atoms with Crippen LogP contribution in [0.1, 0.15) is 52.1 Å². The van der Waals surface area contributed by atoms with Gasteiger partial charge in [0, 0.05) is 24.8 Å². The molecule has 0 bridgehead atoms. The third-order valence-electron chi connectivity index (χ3n) is 4.70. The van der Waals surface area contributed by atoms with Crippen molar-refractivity contribution in [3.63, 3.8) is 0 Å². The van der Waals surface area contributed by atoms with Gasteiger partial charge in [0.25, 0.3) is 11.8 Å². The van der Waals surface area contributed by atoms with Gasteiger partial charge in [0.05, 0.1) is 0 Å². The second-order valence-electron chi connectivity index (χ2n) is 6.50. The average Bonchev–Trinajstić information content (AvgIpc) is 3.03. The minimum atomic E-state index is -0.623. The molecule has 0 radical (unpaired) electrons. The molecule has 25 heavy (non-hydrogen) atoms. The number of hydrogen-bond acceptors (Lipinski definition) is 4. The standard InChI is InChI=1S/C19H22N4O2/c1-13-12-15(16(24)20-3)22-18(21-13)19(2)10-7-11-23(19)17(25)14-8-5-4-6-9-14/h4-6,8-9,12H,7,10-11H2,1-3H3,(H,20,24)/t19-/m0/s1. The fourth-order valence-electron chi connectivity index (χ4n) is 3.31. The molecule has 1 aliphatic rings. The van der Waals surface area contributed by atoms with Crippen LogP contribution < -0.4 is 5.32 Å². The fourth-order valence-corrected chi connectivity index (χ4v) is 3.31. The van der Waals surface area contributed by atoms with Gasteiger partial charge >= 0.3 is 0 Å². The Hall–Kier alpha value is -2.76. The molecule has 1 aromatic carbocycles. The van der Waals surface area contributed by atoms with Crippen molar-refractivity contribution in [3.8, 4) is 0 Å². The van der Waals surface area contributed by atoms with Gasteiger partial charge in [0.2, 0.25) is 0 Å². The van der Waals surface area contributed by atoms with Gasteiger partial charge in [-0.15, -0.1) is 0 Å². The third kappa shape index (κ3) is 3.12. The number of likely N-dealkylation sites (tertiary alicyclic amines) is 1. The van der Waals surface area contributed by atoms with Gasteiger partial charge in [0.15, 0.2) is 5.82 Å². The van der Waals surface area contributed by atoms with E-state index in [2.05, 4.69) is 15.3 Å². The maximum absolute atomic E-state index is 13.0. The highest BCUT2D eigenvalue weighted by Gasteiger charge is 2.44. The van der Waals surface area contributed by atoms with Crippen LogP contribution in [-0.2, 0) is 5.54 Å². The van der Waals surface area contributed by atoms with Crippen LogP contribution in [0.2, 0.25) is 0 Å². The highest BCUT2D eigenvalue weighted by Crippen LogP contribution is 2.37. The van der Waals surface area contributed by atoms with Crippen molar-refractivity contribution < 1.29 is 9.59 Å². The number of aromatic nitrogens is 2. The summed E-state index contributed by atoms with van der Waals surface area (Å²) in [6, 6.07) is 10.9. The largest absolute Gasteiger partial charge is 0.354 e. The van der Waals surface area contributed by atoms with E-state index in [1.807, 2.05) is 49.1 Å². The molecule has 2 heterocycles. The number of nitrogens with zero attached hydrogens (tertiary/aromatic N) is 3. The van der Waals surface area contributed by atoms with Gasteiger partial charge in [-0.05, 0) is 44.9 Å². The number of benzene rings is 1. The van der Waals surface area contributed by atoms with Crippen LogP contribution in [0.25, 0.3) is 0 Å². The first-order valence-corrected chi connectivity index (χ1v) is 8.41. The lowest BCUT2D eigenvalue weighted by atomic mass is 9.96. The summed E-state index contributed by atoms with van der Waals surface area (Å²) < 4.78 is 0. The molecule has 1 N–H and O–H groups in total. The van der Waals surface area contributed by atoms with Crippen molar-refractivity contribution in [1.82, 2.24) is 20.2 Å².